The van der Waals surface area contributed by atoms with Crippen molar-refractivity contribution >= 4 is 21.2 Å². The van der Waals surface area contributed by atoms with Crippen LogP contribution < -0.4 is 5.73 Å². The van der Waals surface area contributed by atoms with Gasteiger partial charge in [0.25, 0.3) is 0 Å². The molecule has 0 bridgehead atoms. The van der Waals surface area contributed by atoms with Crippen molar-refractivity contribution in [3.05, 3.63) is 49.2 Å². The summed E-state index contributed by atoms with van der Waals surface area (Å²) < 4.78 is 27.3. The van der Waals surface area contributed by atoms with Gasteiger partial charge in [0, 0.05) is 29.7 Å². The van der Waals surface area contributed by atoms with Gasteiger partial charge in [0.2, 0.25) is 0 Å². The van der Waals surface area contributed by atoms with E-state index in [1.807, 2.05) is 28.9 Å². The van der Waals surface area contributed by atoms with E-state index < -0.39 is 9.84 Å². The van der Waals surface area contributed by atoms with E-state index in [0.717, 1.165) is 22.5 Å². The number of hydrogen-bond acceptors (Lipinski definition) is 7. The molecule has 29 heavy (non-hydrogen) atoms. The number of sulfone groups is 1. The molecule has 1 saturated heterocycles. The van der Waals surface area contributed by atoms with Crippen LogP contribution in [0.15, 0.2) is 49.2 Å². The molecule has 4 aromatic rings. The van der Waals surface area contributed by atoms with Gasteiger partial charge in [-0.25, -0.2) is 17.9 Å². The van der Waals surface area contributed by atoms with Crippen LogP contribution in [0.25, 0.3) is 28.0 Å². The molecule has 0 spiro atoms. The maximum absolute atomic E-state index is 11.8. The van der Waals surface area contributed by atoms with E-state index in [1.54, 1.807) is 23.1 Å². The molecular formula is C19H19N7O2S. The Morgan fingerprint density at radius 3 is 2.66 bits per heavy atom. The summed E-state index contributed by atoms with van der Waals surface area (Å²) >= 11 is 0. The summed E-state index contributed by atoms with van der Waals surface area (Å²) in [4.78, 5) is 8.37. The quantitative estimate of drug-likeness (QED) is 0.549. The second-order valence-electron chi connectivity index (χ2n) is 7.13. The summed E-state index contributed by atoms with van der Waals surface area (Å²) in [6, 6.07) is 7.76. The first kappa shape index (κ1) is 17.8. The molecule has 0 aromatic carbocycles. The summed E-state index contributed by atoms with van der Waals surface area (Å²) in [6.07, 6.45) is 7.73. The zero-order valence-corrected chi connectivity index (χ0v) is 16.3. The minimum atomic E-state index is -2.95. The minimum Gasteiger partial charge on any atom is -0.382 e. The van der Waals surface area contributed by atoms with E-state index in [2.05, 4.69) is 20.2 Å². The Labute approximate surface area is 167 Å². The van der Waals surface area contributed by atoms with Gasteiger partial charge in [-0.15, -0.1) is 0 Å². The standard InChI is InChI=1S/C19H19N7O2S/c20-19-18-15(10-17(26(18)24-12-22-19)13-2-1-6-21-11-13)16-3-7-23-25(16)14-4-8-29(27,28)9-5-14/h1-3,6-7,10-12,14H,4-5,8-9H2,(H2,20,22,24). The zero-order valence-electron chi connectivity index (χ0n) is 15.5. The van der Waals surface area contributed by atoms with Crippen LogP contribution in [-0.2, 0) is 9.84 Å². The predicted molar refractivity (Wildman–Crippen MR) is 109 cm³/mol. The van der Waals surface area contributed by atoms with Crippen LogP contribution in [0.5, 0.6) is 0 Å². The summed E-state index contributed by atoms with van der Waals surface area (Å²) in [5.74, 6) is 0.725. The lowest BCUT2D eigenvalue weighted by molar-refractivity contribution is 0.417. The topological polar surface area (TPSA) is 121 Å². The van der Waals surface area contributed by atoms with Crippen LogP contribution in [0.3, 0.4) is 0 Å². The number of pyridine rings is 1. The van der Waals surface area contributed by atoms with Crippen LogP contribution in [0.2, 0.25) is 0 Å². The molecule has 0 atom stereocenters. The maximum Gasteiger partial charge on any atom is 0.152 e. The average Bonchev–Trinajstić information content (AvgIpc) is 3.34. The first-order chi connectivity index (χ1) is 14.0. The fourth-order valence-electron chi connectivity index (χ4n) is 3.92. The van der Waals surface area contributed by atoms with Crippen molar-refractivity contribution in [2.45, 2.75) is 18.9 Å². The van der Waals surface area contributed by atoms with Gasteiger partial charge in [-0.05, 0) is 37.1 Å². The van der Waals surface area contributed by atoms with E-state index in [0.29, 0.717) is 24.2 Å². The highest BCUT2D eigenvalue weighted by molar-refractivity contribution is 7.91. The third kappa shape index (κ3) is 3.05. The molecule has 5 rings (SSSR count). The van der Waals surface area contributed by atoms with Crippen molar-refractivity contribution in [2.24, 2.45) is 0 Å². The van der Waals surface area contributed by atoms with Crippen LogP contribution in [-0.4, -0.2) is 49.3 Å². The highest BCUT2D eigenvalue weighted by Gasteiger charge is 2.28. The highest BCUT2D eigenvalue weighted by atomic mass is 32.2. The van der Waals surface area contributed by atoms with E-state index >= 15 is 0 Å². The lowest BCUT2D eigenvalue weighted by Gasteiger charge is -2.24. The van der Waals surface area contributed by atoms with E-state index in [4.69, 9.17) is 5.73 Å². The molecule has 0 radical (unpaired) electrons. The van der Waals surface area contributed by atoms with Gasteiger partial charge < -0.3 is 5.73 Å². The molecule has 0 amide bonds. The fourth-order valence-corrected chi connectivity index (χ4v) is 5.39. The van der Waals surface area contributed by atoms with Gasteiger partial charge in [-0.1, -0.05) is 0 Å². The van der Waals surface area contributed by atoms with Crippen molar-refractivity contribution in [3.63, 3.8) is 0 Å². The highest BCUT2D eigenvalue weighted by Crippen LogP contribution is 2.36. The summed E-state index contributed by atoms with van der Waals surface area (Å²) in [5.41, 5.74) is 10.4. The average molecular weight is 409 g/mol. The van der Waals surface area contributed by atoms with E-state index in [9.17, 15) is 8.42 Å². The van der Waals surface area contributed by atoms with E-state index in [1.165, 1.54) is 6.33 Å². The molecule has 10 heteroatoms. The van der Waals surface area contributed by atoms with Gasteiger partial charge in [-0.2, -0.15) is 10.2 Å². The number of aromatic nitrogens is 6. The normalized spacial score (nSPS) is 17.0. The molecule has 1 aliphatic rings. The first-order valence-electron chi connectivity index (χ1n) is 9.30. The second-order valence-corrected chi connectivity index (χ2v) is 9.44. The van der Waals surface area contributed by atoms with Gasteiger partial charge in [-0.3, -0.25) is 9.67 Å². The van der Waals surface area contributed by atoms with Crippen LogP contribution >= 0.6 is 0 Å². The molecule has 2 N–H and O–H groups in total. The van der Waals surface area contributed by atoms with Crippen LogP contribution in [0.4, 0.5) is 5.82 Å². The third-order valence-corrected chi connectivity index (χ3v) is 7.07. The van der Waals surface area contributed by atoms with Gasteiger partial charge in [0.05, 0.1) is 28.9 Å². The Hall–Kier alpha value is -3.27. The Balaban J connectivity index is 1.67. The second kappa shape index (κ2) is 6.66. The molecule has 0 aliphatic carbocycles. The van der Waals surface area contributed by atoms with Gasteiger partial charge in [0.15, 0.2) is 5.82 Å². The van der Waals surface area contributed by atoms with Gasteiger partial charge >= 0.3 is 0 Å². The largest absolute Gasteiger partial charge is 0.382 e. The molecule has 148 valence electrons. The predicted octanol–water partition coefficient (Wildman–Crippen LogP) is 1.99. The van der Waals surface area contributed by atoms with Crippen molar-refractivity contribution in [1.82, 2.24) is 29.4 Å². The van der Waals surface area contributed by atoms with Crippen molar-refractivity contribution in [2.75, 3.05) is 17.2 Å². The van der Waals surface area contributed by atoms with Crippen molar-refractivity contribution in [3.8, 4) is 22.5 Å². The van der Waals surface area contributed by atoms with Crippen molar-refractivity contribution in [1.29, 1.82) is 0 Å². The number of hydrogen-bond donors (Lipinski definition) is 1. The minimum absolute atomic E-state index is 0.0196. The molecule has 4 aromatic heterocycles. The number of nitrogen functional groups attached to an aromatic ring is 1. The van der Waals surface area contributed by atoms with Gasteiger partial charge in [0.1, 0.15) is 21.7 Å². The summed E-state index contributed by atoms with van der Waals surface area (Å²) in [5, 5.41) is 8.90. The lowest BCUT2D eigenvalue weighted by atomic mass is 10.1. The summed E-state index contributed by atoms with van der Waals surface area (Å²) in [6.45, 7) is 0. The monoisotopic (exact) mass is 409 g/mol. The number of nitrogens with zero attached hydrogens (tertiary/aromatic N) is 6. The molecule has 9 nitrogen and oxygen atoms in total. The summed E-state index contributed by atoms with van der Waals surface area (Å²) in [7, 11) is -2.95. The molecule has 1 aliphatic heterocycles. The Kier molecular flexibility index (Phi) is 4.09. The van der Waals surface area contributed by atoms with Crippen molar-refractivity contribution < 1.29 is 8.42 Å². The smallest absolute Gasteiger partial charge is 0.152 e. The van der Waals surface area contributed by atoms with Crippen LogP contribution in [0.1, 0.15) is 18.9 Å². The molecular weight excluding hydrogens is 390 g/mol. The number of rotatable bonds is 3. The number of nitrogens with two attached hydrogens (primary N) is 1. The molecule has 5 heterocycles. The Morgan fingerprint density at radius 1 is 1.07 bits per heavy atom. The third-order valence-electron chi connectivity index (χ3n) is 5.36. The molecule has 0 unspecified atom stereocenters. The molecule has 0 saturated carbocycles. The SMILES string of the molecule is Nc1ncnn2c(-c3cccnc3)cc(-c3ccnn3C3CCS(=O)(=O)CC3)c12. The Morgan fingerprint density at radius 2 is 1.90 bits per heavy atom. The number of fused-ring (bicyclic) bond motifs is 1. The lowest BCUT2D eigenvalue weighted by Crippen LogP contribution is -2.26. The van der Waals surface area contributed by atoms with Crippen LogP contribution in [0, 0.1) is 0 Å². The number of anilines is 1. The first-order valence-corrected chi connectivity index (χ1v) is 11.1. The molecule has 1 fully saturated rings. The Bertz CT molecular complexity index is 1280. The maximum atomic E-state index is 11.8. The zero-order chi connectivity index (χ0) is 20.0. The fraction of sp³-hybridized carbons (Fsp3) is 0.263. The van der Waals surface area contributed by atoms with E-state index in [-0.39, 0.29) is 17.5 Å².